The highest BCUT2D eigenvalue weighted by molar-refractivity contribution is 5.64. The van der Waals surface area contributed by atoms with Crippen LogP contribution in [-0.2, 0) is 6.18 Å². The monoisotopic (exact) mass is 368 g/mol. The lowest BCUT2D eigenvalue weighted by atomic mass is 10.1. The number of halogens is 4. The Bertz CT molecular complexity index is 816. The van der Waals surface area contributed by atoms with Crippen LogP contribution >= 0.6 is 0 Å². The van der Waals surface area contributed by atoms with Crippen molar-refractivity contribution < 1.29 is 22.3 Å². The molecule has 0 aromatic heterocycles. The molecule has 140 valence electrons. The van der Waals surface area contributed by atoms with E-state index >= 15 is 0 Å². The number of alkyl halides is 3. The van der Waals surface area contributed by atoms with Gasteiger partial charge in [-0.2, -0.15) is 13.2 Å². The summed E-state index contributed by atoms with van der Waals surface area (Å²) in [6.07, 6.45) is -3.03. The Morgan fingerprint density at radius 2 is 1.77 bits per heavy atom. The normalized spacial score (nSPS) is 11.8. The first-order valence-corrected chi connectivity index (χ1v) is 8.02. The Labute approximate surface area is 149 Å². The van der Waals surface area contributed by atoms with E-state index in [1.54, 1.807) is 32.3 Å². The molecule has 0 atom stereocenters. The van der Waals surface area contributed by atoms with Gasteiger partial charge in [0.15, 0.2) is 0 Å². The summed E-state index contributed by atoms with van der Waals surface area (Å²) in [6, 6.07) is 5.71. The van der Waals surface area contributed by atoms with Crippen LogP contribution in [0.1, 0.15) is 23.6 Å². The van der Waals surface area contributed by atoms with Crippen molar-refractivity contribution in [1.82, 2.24) is 4.90 Å². The molecule has 2 aromatic carbocycles. The SMILES string of the molecule is CCN(C)C=Nc1cc(C)c(Oc2ccc(F)cc2C(F)(F)F)cc1C. The van der Waals surface area contributed by atoms with Gasteiger partial charge in [-0.3, -0.25) is 0 Å². The van der Waals surface area contributed by atoms with E-state index in [2.05, 4.69) is 4.99 Å². The molecule has 0 aliphatic carbocycles. The van der Waals surface area contributed by atoms with E-state index < -0.39 is 23.3 Å². The molecule has 2 rings (SSSR count). The highest BCUT2D eigenvalue weighted by Gasteiger charge is 2.35. The first-order valence-electron chi connectivity index (χ1n) is 8.02. The van der Waals surface area contributed by atoms with E-state index in [9.17, 15) is 17.6 Å². The third kappa shape index (κ3) is 4.74. The molecule has 0 aliphatic rings. The fourth-order valence-corrected chi connectivity index (χ4v) is 2.20. The number of nitrogens with zero attached hydrogens (tertiary/aromatic N) is 2. The molecule has 7 heteroatoms. The Morgan fingerprint density at radius 1 is 1.08 bits per heavy atom. The standard InChI is InChI=1S/C19H20F4N2O/c1-5-25(4)11-24-16-8-13(3)18(9-12(16)2)26-17-7-6-14(20)10-15(17)19(21,22)23/h6-11H,5H2,1-4H3. The van der Waals surface area contributed by atoms with Crippen LogP contribution in [0.3, 0.4) is 0 Å². The fourth-order valence-electron chi connectivity index (χ4n) is 2.20. The zero-order valence-electron chi connectivity index (χ0n) is 15.0. The summed E-state index contributed by atoms with van der Waals surface area (Å²) in [5.41, 5.74) is 0.924. The van der Waals surface area contributed by atoms with Crippen molar-refractivity contribution >= 4 is 12.0 Å². The summed E-state index contributed by atoms with van der Waals surface area (Å²) in [6.45, 7) is 6.30. The number of ether oxygens (including phenoxy) is 1. The van der Waals surface area contributed by atoms with E-state index in [1.807, 2.05) is 18.9 Å². The van der Waals surface area contributed by atoms with Crippen LogP contribution in [0.15, 0.2) is 35.3 Å². The lowest BCUT2D eigenvalue weighted by Gasteiger charge is -2.16. The molecular formula is C19H20F4N2O. The van der Waals surface area contributed by atoms with Crippen LogP contribution in [0.2, 0.25) is 0 Å². The third-order valence-corrected chi connectivity index (χ3v) is 3.85. The molecule has 0 spiro atoms. The summed E-state index contributed by atoms with van der Waals surface area (Å²) in [7, 11) is 1.89. The van der Waals surface area contributed by atoms with Crippen molar-refractivity contribution in [3.63, 3.8) is 0 Å². The predicted molar refractivity (Wildman–Crippen MR) is 93.8 cm³/mol. The van der Waals surface area contributed by atoms with Gasteiger partial charge in [-0.25, -0.2) is 9.38 Å². The predicted octanol–water partition coefficient (Wildman–Crippen LogP) is 5.87. The van der Waals surface area contributed by atoms with Gasteiger partial charge in [-0.1, -0.05) is 0 Å². The maximum atomic E-state index is 13.2. The Morgan fingerprint density at radius 3 is 2.38 bits per heavy atom. The van der Waals surface area contributed by atoms with Crippen molar-refractivity contribution in [3.8, 4) is 11.5 Å². The average molecular weight is 368 g/mol. The van der Waals surface area contributed by atoms with E-state index in [-0.39, 0.29) is 5.75 Å². The fraction of sp³-hybridized carbons (Fsp3) is 0.316. The van der Waals surface area contributed by atoms with Gasteiger partial charge in [0.05, 0.1) is 12.0 Å². The van der Waals surface area contributed by atoms with Crippen LogP contribution in [-0.4, -0.2) is 24.8 Å². The second-order valence-corrected chi connectivity index (χ2v) is 5.96. The molecule has 0 heterocycles. The summed E-state index contributed by atoms with van der Waals surface area (Å²) in [5.74, 6) is -1.15. The van der Waals surface area contributed by atoms with Gasteiger partial charge in [0, 0.05) is 13.6 Å². The summed E-state index contributed by atoms with van der Waals surface area (Å²) in [5, 5.41) is 0. The Kier molecular flexibility index (Phi) is 5.90. The third-order valence-electron chi connectivity index (χ3n) is 3.85. The van der Waals surface area contributed by atoms with Crippen molar-refractivity contribution in [3.05, 3.63) is 52.8 Å². The number of aliphatic imine (C=N–C) groups is 1. The summed E-state index contributed by atoms with van der Waals surface area (Å²) in [4.78, 5) is 6.27. The van der Waals surface area contributed by atoms with Gasteiger partial charge in [-0.05, 0) is 62.2 Å². The minimum Gasteiger partial charge on any atom is -0.456 e. The second-order valence-electron chi connectivity index (χ2n) is 5.96. The van der Waals surface area contributed by atoms with Crippen LogP contribution < -0.4 is 4.74 Å². The van der Waals surface area contributed by atoms with Gasteiger partial charge >= 0.3 is 6.18 Å². The van der Waals surface area contributed by atoms with Crippen molar-refractivity contribution in [2.75, 3.05) is 13.6 Å². The van der Waals surface area contributed by atoms with Crippen molar-refractivity contribution in [2.24, 2.45) is 4.99 Å². The maximum Gasteiger partial charge on any atom is 0.420 e. The number of benzene rings is 2. The highest BCUT2D eigenvalue weighted by Crippen LogP contribution is 2.40. The average Bonchev–Trinajstić information content (AvgIpc) is 2.56. The van der Waals surface area contributed by atoms with E-state index in [1.165, 1.54) is 0 Å². The molecular weight excluding hydrogens is 348 g/mol. The molecule has 2 aromatic rings. The highest BCUT2D eigenvalue weighted by atomic mass is 19.4. The minimum absolute atomic E-state index is 0.266. The lowest BCUT2D eigenvalue weighted by Crippen LogP contribution is -2.14. The molecule has 0 saturated heterocycles. The van der Waals surface area contributed by atoms with Crippen LogP contribution in [0.25, 0.3) is 0 Å². The lowest BCUT2D eigenvalue weighted by molar-refractivity contribution is -0.138. The summed E-state index contributed by atoms with van der Waals surface area (Å²) < 4.78 is 58.0. The van der Waals surface area contributed by atoms with Gasteiger partial charge < -0.3 is 9.64 Å². The Balaban J connectivity index is 2.37. The van der Waals surface area contributed by atoms with E-state index in [4.69, 9.17) is 4.74 Å². The first-order chi connectivity index (χ1) is 12.1. The molecule has 0 amide bonds. The van der Waals surface area contributed by atoms with E-state index in [0.29, 0.717) is 17.3 Å². The first kappa shape index (κ1) is 19.8. The van der Waals surface area contributed by atoms with E-state index in [0.717, 1.165) is 24.2 Å². The topological polar surface area (TPSA) is 24.8 Å². The molecule has 0 fully saturated rings. The molecule has 0 aliphatic heterocycles. The van der Waals surface area contributed by atoms with Gasteiger partial charge in [0.2, 0.25) is 0 Å². The molecule has 3 nitrogen and oxygen atoms in total. The molecule has 0 radical (unpaired) electrons. The second kappa shape index (κ2) is 7.76. The quantitative estimate of drug-likeness (QED) is 0.375. The number of hydrogen-bond acceptors (Lipinski definition) is 2. The molecule has 0 N–H and O–H groups in total. The smallest absolute Gasteiger partial charge is 0.420 e. The van der Waals surface area contributed by atoms with Gasteiger partial charge in [-0.15, -0.1) is 0 Å². The molecule has 0 unspecified atom stereocenters. The zero-order valence-corrected chi connectivity index (χ0v) is 15.0. The van der Waals surface area contributed by atoms with Gasteiger partial charge in [0.25, 0.3) is 0 Å². The van der Waals surface area contributed by atoms with Crippen LogP contribution in [0, 0.1) is 19.7 Å². The molecule has 0 bridgehead atoms. The summed E-state index contributed by atoms with van der Waals surface area (Å²) >= 11 is 0. The molecule has 0 saturated carbocycles. The zero-order chi connectivity index (χ0) is 19.5. The number of hydrogen-bond donors (Lipinski definition) is 0. The largest absolute Gasteiger partial charge is 0.456 e. The maximum absolute atomic E-state index is 13.2. The van der Waals surface area contributed by atoms with Crippen LogP contribution in [0.5, 0.6) is 11.5 Å². The number of aryl methyl sites for hydroxylation is 2. The van der Waals surface area contributed by atoms with Crippen LogP contribution in [0.4, 0.5) is 23.2 Å². The minimum atomic E-state index is -4.71. The molecule has 26 heavy (non-hydrogen) atoms. The number of rotatable bonds is 5. The van der Waals surface area contributed by atoms with Crippen molar-refractivity contribution in [2.45, 2.75) is 26.9 Å². The van der Waals surface area contributed by atoms with Gasteiger partial charge in [0.1, 0.15) is 22.9 Å². The van der Waals surface area contributed by atoms with Crippen molar-refractivity contribution in [1.29, 1.82) is 0 Å². The Hall–Kier alpha value is -2.57.